The van der Waals surface area contributed by atoms with Crippen LogP contribution in [0.5, 0.6) is 11.5 Å². The average molecular weight is 536 g/mol. The summed E-state index contributed by atoms with van der Waals surface area (Å²) in [6.07, 6.45) is 4.74. The predicted octanol–water partition coefficient (Wildman–Crippen LogP) is 5.04. The molecule has 0 N–H and O–H groups in total. The SMILES string of the molecule is COc1ccc(-c2noc(CN(C3CCCCC3)S(=O)(=O)c3ccc(Br)cc3)n2)cc1OC. The molecule has 0 spiro atoms. The zero-order valence-corrected chi connectivity index (χ0v) is 20.9. The van der Waals surface area contributed by atoms with E-state index in [-0.39, 0.29) is 23.4 Å². The molecule has 0 unspecified atom stereocenters. The first kappa shape index (κ1) is 23.7. The maximum absolute atomic E-state index is 13.6. The van der Waals surface area contributed by atoms with E-state index < -0.39 is 10.0 Å². The van der Waals surface area contributed by atoms with Gasteiger partial charge in [0.05, 0.1) is 25.7 Å². The Morgan fingerprint density at radius 2 is 1.73 bits per heavy atom. The fourth-order valence-electron chi connectivity index (χ4n) is 4.07. The largest absolute Gasteiger partial charge is 0.493 e. The maximum atomic E-state index is 13.6. The molecule has 10 heteroatoms. The molecule has 8 nitrogen and oxygen atoms in total. The lowest BCUT2D eigenvalue weighted by Gasteiger charge is -2.32. The molecule has 4 rings (SSSR count). The highest BCUT2D eigenvalue weighted by molar-refractivity contribution is 9.10. The Morgan fingerprint density at radius 1 is 1.03 bits per heavy atom. The lowest BCUT2D eigenvalue weighted by molar-refractivity contribution is 0.223. The third-order valence-corrected chi connectivity index (χ3v) is 8.24. The van der Waals surface area contributed by atoms with Crippen molar-refractivity contribution in [2.75, 3.05) is 14.2 Å². The Bertz CT molecular complexity index is 1190. The number of nitrogens with zero attached hydrogens (tertiary/aromatic N) is 3. The number of methoxy groups -OCH3 is 2. The summed E-state index contributed by atoms with van der Waals surface area (Å²) in [7, 11) is -0.623. The molecule has 0 bridgehead atoms. The number of aromatic nitrogens is 2. The maximum Gasteiger partial charge on any atom is 0.243 e. The second-order valence-corrected chi connectivity index (χ2v) is 10.7. The minimum absolute atomic E-state index is 0.0172. The first-order chi connectivity index (χ1) is 15.9. The van der Waals surface area contributed by atoms with Crippen LogP contribution in [0.1, 0.15) is 38.0 Å². The lowest BCUT2D eigenvalue weighted by atomic mass is 9.95. The summed E-state index contributed by atoms with van der Waals surface area (Å²) in [5.74, 6) is 1.73. The first-order valence-corrected chi connectivity index (χ1v) is 13.0. The summed E-state index contributed by atoms with van der Waals surface area (Å²) in [6.45, 7) is 0.0172. The highest BCUT2D eigenvalue weighted by atomic mass is 79.9. The minimum atomic E-state index is -3.74. The fraction of sp³-hybridized carbons (Fsp3) is 0.391. The van der Waals surface area contributed by atoms with Gasteiger partial charge in [-0.25, -0.2) is 8.42 Å². The summed E-state index contributed by atoms with van der Waals surface area (Å²) in [4.78, 5) is 4.73. The van der Waals surface area contributed by atoms with Crippen molar-refractivity contribution in [2.24, 2.45) is 0 Å². The molecule has 0 aliphatic heterocycles. The monoisotopic (exact) mass is 535 g/mol. The Balaban J connectivity index is 1.63. The van der Waals surface area contributed by atoms with Crippen LogP contribution in [0, 0.1) is 0 Å². The number of sulfonamides is 1. The minimum Gasteiger partial charge on any atom is -0.493 e. The molecular weight excluding hydrogens is 510 g/mol. The predicted molar refractivity (Wildman–Crippen MR) is 127 cm³/mol. The van der Waals surface area contributed by atoms with E-state index in [4.69, 9.17) is 14.0 Å². The zero-order valence-electron chi connectivity index (χ0n) is 18.5. The molecule has 1 saturated carbocycles. The molecule has 0 radical (unpaired) electrons. The molecular formula is C23H26BrN3O5S. The van der Waals surface area contributed by atoms with E-state index in [1.165, 1.54) is 4.31 Å². The molecule has 33 heavy (non-hydrogen) atoms. The highest BCUT2D eigenvalue weighted by Gasteiger charge is 2.34. The van der Waals surface area contributed by atoms with Crippen LogP contribution >= 0.6 is 15.9 Å². The van der Waals surface area contributed by atoms with Gasteiger partial charge in [0, 0.05) is 16.1 Å². The van der Waals surface area contributed by atoms with Crippen LogP contribution in [-0.2, 0) is 16.6 Å². The van der Waals surface area contributed by atoms with Crippen LogP contribution in [0.15, 0.2) is 56.4 Å². The zero-order chi connectivity index (χ0) is 23.4. The van der Waals surface area contributed by atoms with Crippen molar-refractivity contribution in [2.45, 2.75) is 49.6 Å². The molecule has 1 heterocycles. The van der Waals surface area contributed by atoms with Gasteiger partial charge in [0.25, 0.3) is 0 Å². The topological polar surface area (TPSA) is 94.8 Å². The van der Waals surface area contributed by atoms with Gasteiger partial charge in [-0.05, 0) is 55.3 Å². The highest BCUT2D eigenvalue weighted by Crippen LogP contribution is 2.33. The van der Waals surface area contributed by atoms with Gasteiger partial charge < -0.3 is 14.0 Å². The number of halogens is 1. The molecule has 0 saturated heterocycles. The van der Waals surface area contributed by atoms with Gasteiger partial charge >= 0.3 is 0 Å². The summed E-state index contributed by atoms with van der Waals surface area (Å²) in [5.41, 5.74) is 0.683. The van der Waals surface area contributed by atoms with E-state index in [0.717, 1.165) is 36.6 Å². The van der Waals surface area contributed by atoms with E-state index >= 15 is 0 Å². The van der Waals surface area contributed by atoms with Crippen LogP contribution in [-0.4, -0.2) is 43.1 Å². The fourth-order valence-corrected chi connectivity index (χ4v) is 5.97. The Morgan fingerprint density at radius 3 is 2.39 bits per heavy atom. The van der Waals surface area contributed by atoms with Gasteiger partial charge in [-0.2, -0.15) is 9.29 Å². The Kier molecular flexibility index (Phi) is 7.35. The first-order valence-electron chi connectivity index (χ1n) is 10.7. The lowest BCUT2D eigenvalue weighted by Crippen LogP contribution is -2.41. The van der Waals surface area contributed by atoms with Crippen LogP contribution in [0.2, 0.25) is 0 Å². The van der Waals surface area contributed by atoms with Crippen molar-refractivity contribution in [1.29, 1.82) is 0 Å². The molecule has 1 aromatic heterocycles. The molecule has 0 amide bonds. The summed E-state index contributed by atoms with van der Waals surface area (Å²) >= 11 is 3.37. The molecule has 1 fully saturated rings. The van der Waals surface area contributed by atoms with Crippen LogP contribution in [0.4, 0.5) is 0 Å². The van der Waals surface area contributed by atoms with Crippen molar-refractivity contribution in [1.82, 2.24) is 14.4 Å². The van der Waals surface area contributed by atoms with Gasteiger partial charge in [-0.15, -0.1) is 0 Å². The van der Waals surface area contributed by atoms with Gasteiger partial charge in [0.15, 0.2) is 11.5 Å². The van der Waals surface area contributed by atoms with E-state index in [1.54, 1.807) is 56.7 Å². The molecule has 0 atom stereocenters. The van der Waals surface area contributed by atoms with Crippen LogP contribution < -0.4 is 9.47 Å². The summed E-state index contributed by atoms with van der Waals surface area (Å²) < 4.78 is 45.6. The molecule has 1 aliphatic carbocycles. The molecule has 1 aliphatic rings. The average Bonchev–Trinajstić information content (AvgIpc) is 3.31. The standard InChI is InChI=1S/C23H26BrN3O5S/c1-30-20-13-8-16(14-21(20)31-2)23-25-22(32-26-23)15-27(18-6-4-3-5-7-18)33(28,29)19-11-9-17(24)10-12-19/h8-14,18H,3-7,15H2,1-2H3. The van der Waals surface area contributed by atoms with E-state index in [2.05, 4.69) is 26.1 Å². The van der Waals surface area contributed by atoms with Gasteiger partial charge in [0.1, 0.15) is 0 Å². The second-order valence-electron chi connectivity index (χ2n) is 7.88. The summed E-state index contributed by atoms with van der Waals surface area (Å²) in [6, 6.07) is 11.9. The van der Waals surface area contributed by atoms with Crippen molar-refractivity contribution in [3.8, 4) is 22.9 Å². The number of benzene rings is 2. The van der Waals surface area contributed by atoms with E-state index in [1.807, 2.05) is 0 Å². The molecule has 2 aromatic carbocycles. The van der Waals surface area contributed by atoms with E-state index in [9.17, 15) is 8.42 Å². The third kappa shape index (κ3) is 5.23. The van der Waals surface area contributed by atoms with Gasteiger partial charge in [-0.3, -0.25) is 0 Å². The molecule has 3 aromatic rings. The number of hydrogen-bond donors (Lipinski definition) is 0. The third-order valence-electron chi connectivity index (χ3n) is 5.80. The second kappa shape index (κ2) is 10.2. The quantitative estimate of drug-likeness (QED) is 0.398. The van der Waals surface area contributed by atoms with Crippen molar-refractivity contribution < 1.29 is 22.4 Å². The van der Waals surface area contributed by atoms with Gasteiger partial charge in [0.2, 0.25) is 21.7 Å². The smallest absolute Gasteiger partial charge is 0.243 e. The van der Waals surface area contributed by atoms with Crippen molar-refractivity contribution in [3.05, 3.63) is 52.8 Å². The van der Waals surface area contributed by atoms with Crippen LogP contribution in [0.3, 0.4) is 0 Å². The normalized spacial score (nSPS) is 15.0. The Labute approximate surface area is 202 Å². The number of rotatable bonds is 8. The van der Waals surface area contributed by atoms with Crippen LogP contribution in [0.25, 0.3) is 11.4 Å². The summed E-state index contributed by atoms with van der Waals surface area (Å²) in [5, 5.41) is 4.07. The van der Waals surface area contributed by atoms with E-state index in [0.29, 0.717) is 22.9 Å². The van der Waals surface area contributed by atoms with Gasteiger partial charge in [-0.1, -0.05) is 40.3 Å². The molecule has 176 valence electrons. The Hall–Kier alpha value is -2.43. The van der Waals surface area contributed by atoms with Crippen molar-refractivity contribution in [3.63, 3.8) is 0 Å². The number of hydrogen-bond acceptors (Lipinski definition) is 7. The number of ether oxygens (including phenoxy) is 2. The van der Waals surface area contributed by atoms with Crippen molar-refractivity contribution >= 4 is 26.0 Å².